The van der Waals surface area contributed by atoms with Crippen LogP contribution in [0, 0.1) is 22.6 Å². The summed E-state index contributed by atoms with van der Waals surface area (Å²) in [5.74, 6) is -2.28. The minimum Gasteiger partial charge on any atom is -0.443 e. The molecular weight excluding hydrogens is 501 g/mol. The number of hydrogen-bond acceptors (Lipinski definition) is 5. The van der Waals surface area contributed by atoms with Gasteiger partial charge in [0.15, 0.2) is 24.4 Å². The van der Waals surface area contributed by atoms with Gasteiger partial charge in [-0.2, -0.15) is 5.26 Å². The Morgan fingerprint density at radius 2 is 2.00 bits per heavy atom. The maximum atomic E-state index is 14.1. The van der Waals surface area contributed by atoms with Gasteiger partial charge in [-0.25, -0.2) is 27.7 Å². The molecule has 2 heterocycles. The fourth-order valence-electron chi connectivity index (χ4n) is 5.68. The van der Waals surface area contributed by atoms with Crippen molar-refractivity contribution in [1.29, 1.82) is 5.26 Å². The van der Waals surface area contributed by atoms with E-state index < -0.39 is 47.2 Å². The zero-order chi connectivity index (χ0) is 27.4. The van der Waals surface area contributed by atoms with Crippen LogP contribution in [0.25, 0.3) is 0 Å². The Labute approximate surface area is 219 Å². The summed E-state index contributed by atoms with van der Waals surface area (Å²) in [6.45, 7) is 3.88. The van der Waals surface area contributed by atoms with E-state index in [1.165, 1.54) is 12.1 Å². The molecule has 1 aromatic rings. The second kappa shape index (κ2) is 11.6. The fraction of sp³-hybridized carbons (Fsp3) is 0.519. The number of nitrogens with one attached hydrogen (secondary N) is 1. The number of carbonyl (C=O) groups is 2. The first-order valence-corrected chi connectivity index (χ1v) is 12.8. The van der Waals surface area contributed by atoms with Gasteiger partial charge in [-0.05, 0) is 81.1 Å². The molecule has 3 amide bonds. The average Bonchev–Trinajstić information content (AvgIpc) is 3.26. The van der Waals surface area contributed by atoms with Crippen molar-refractivity contribution in [2.24, 2.45) is 5.41 Å². The lowest BCUT2D eigenvalue weighted by molar-refractivity contribution is 0.0583. The van der Waals surface area contributed by atoms with E-state index >= 15 is 0 Å². The quantitative estimate of drug-likeness (QED) is 0.421. The molecule has 3 aliphatic rings. The molecule has 204 valence electrons. The van der Waals surface area contributed by atoms with Crippen molar-refractivity contribution in [2.45, 2.75) is 50.7 Å². The molecule has 11 heteroatoms. The minimum atomic E-state index is -1.12. The number of allylic oxidation sites excluding steroid dienone is 3. The Balaban J connectivity index is 1.28. The summed E-state index contributed by atoms with van der Waals surface area (Å²) < 4.78 is 46.4. The molecule has 2 saturated heterocycles. The number of piperidine rings is 1. The Morgan fingerprint density at radius 1 is 1.26 bits per heavy atom. The Kier molecular flexibility index (Phi) is 8.43. The van der Waals surface area contributed by atoms with Gasteiger partial charge in [0.05, 0.1) is 17.7 Å². The van der Waals surface area contributed by atoms with Crippen LogP contribution >= 0.6 is 0 Å². The van der Waals surface area contributed by atoms with Crippen LogP contribution in [0.2, 0.25) is 0 Å². The van der Waals surface area contributed by atoms with Crippen LogP contribution in [0.15, 0.2) is 42.0 Å². The van der Waals surface area contributed by atoms with Gasteiger partial charge >= 0.3 is 12.1 Å². The lowest BCUT2D eigenvalue weighted by Crippen LogP contribution is -2.54. The van der Waals surface area contributed by atoms with Gasteiger partial charge in [0, 0.05) is 12.0 Å². The molecule has 1 aliphatic carbocycles. The maximum absolute atomic E-state index is 14.1. The van der Waals surface area contributed by atoms with E-state index in [1.54, 1.807) is 13.0 Å². The molecule has 3 atom stereocenters. The average molecular weight is 534 g/mol. The molecule has 0 aromatic heterocycles. The number of urea groups is 1. The van der Waals surface area contributed by atoms with Crippen LogP contribution in [0.5, 0.6) is 0 Å². The molecule has 1 aromatic carbocycles. The van der Waals surface area contributed by atoms with Gasteiger partial charge in [-0.1, -0.05) is 13.0 Å². The maximum Gasteiger partial charge on any atom is 0.419 e. The molecule has 2 aliphatic heterocycles. The predicted octanol–water partition coefficient (Wildman–Crippen LogP) is 4.01. The van der Waals surface area contributed by atoms with Crippen molar-refractivity contribution in [3.8, 4) is 6.07 Å². The SMILES string of the molecule is CC1([C@H]2[C@H](C[OH2+])OC(=O)N2C(=O)NCCCN2CCC(c3ccc(F)cc3C#N)CC2)C=C(F)C(F)=CC1. The fourth-order valence-corrected chi connectivity index (χ4v) is 5.68. The zero-order valence-corrected chi connectivity index (χ0v) is 21.2. The molecule has 0 saturated carbocycles. The number of nitrogens with zero attached hydrogens (tertiary/aromatic N) is 3. The third-order valence-corrected chi connectivity index (χ3v) is 7.67. The molecule has 0 radical (unpaired) electrons. The Morgan fingerprint density at radius 3 is 2.66 bits per heavy atom. The van der Waals surface area contributed by atoms with E-state index in [0.29, 0.717) is 18.5 Å². The molecule has 1 unspecified atom stereocenters. The number of halogens is 3. The van der Waals surface area contributed by atoms with Crippen molar-refractivity contribution in [1.82, 2.24) is 15.1 Å². The Hall–Kier alpha value is -3.36. The van der Waals surface area contributed by atoms with Crippen LogP contribution in [0.3, 0.4) is 0 Å². The van der Waals surface area contributed by atoms with E-state index in [-0.39, 0.29) is 25.5 Å². The number of hydrogen-bond donors (Lipinski definition) is 1. The number of imide groups is 1. The monoisotopic (exact) mass is 533 g/mol. The van der Waals surface area contributed by atoms with Gasteiger partial charge in [0.1, 0.15) is 5.82 Å². The first-order chi connectivity index (χ1) is 18.2. The molecule has 2 fully saturated rings. The number of carbonyl (C=O) groups excluding carboxylic acids is 2. The standard InChI is InChI=1S/C27H31F3N4O4/c1-27(8-5-21(29)22(30)14-27)24-23(16-35)38-26(37)34(24)25(36)32-9-2-10-33-11-6-17(7-12-33)20-4-3-19(28)13-18(20)15-31/h3-5,13-14,17,23-24,35H,2,6-12,16H2,1H3,(H,32,36)/p+1/t23-,24+,27?/m0/s1. The first-order valence-electron chi connectivity index (χ1n) is 12.8. The number of benzene rings is 1. The molecule has 38 heavy (non-hydrogen) atoms. The largest absolute Gasteiger partial charge is 0.443 e. The molecule has 3 N–H and O–H groups in total. The van der Waals surface area contributed by atoms with E-state index in [0.717, 1.165) is 48.5 Å². The van der Waals surface area contributed by atoms with E-state index in [9.17, 15) is 28.0 Å². The van der Waals surface area contributed by atoms with Gasteiger partial charge in [0.25, 0.3) is 0 Å². The topological polar surface area (TPSA) is 109 Å². The number of cyclic esters (lactones) is 1. The summed E-state index contributed by atoms with van der Waals surface area (Å²) in [5, 5.41) is 19.8. The number of likely N-dealkylation sites (tertiary alicyclic amines) is 1. The number of rotatable bonds is 7. The molecular formula is C27H32F3N4O4+. The highest BCUT2D eigenvalue weighted by atomic mass is 19.2. The van der Waals surface area contributed by atoms with Crippen LogP contribution in [-0.4, -0.2) is 72.0 Å². The summed E-state index contributed by atoms with van der Waals surface area (Å²) >= 11 is 0. The number of ether oxygens (including phenoxy) is 1. The van der Waals surface area contributed by atoms with E-state index in [4.69, 9.17) is 9.84 Å². The summed E-state index contributed by atoms with van der Waals surface area (Å²) in [7, 11) is 0. The number of nitriles is 1. The predicted molar refractivity (Wildman–Crippen MR) is 133 cm³/mol. The molecule has 4 rings (SSSR count). The second-order valence-corrected chi connectivity index (χ2v) is 10.2. The van der Waals surface area contributed by atoms with Crippen molar-refractivity contribution in [3.05, 3.63) is 58.9 Å². The van der Waals surface area contributed by atoms with Crippen LogP contribution < -0.4 is 5.32 Å². The normalized spacial score (nSPS) is 26.4. The smallest absolute Gasteiger partial charge is 0.419 e. The van der Waals surface area contributed by atoms with Crippen molar-refractivity contribution < 1.29 is 32.6 Å². The zero-order valence-electron chi connectivity index (χ0n) is 21.2. The lowest BCUT2D eigenvalue weighted by Gasteiger charge is -2.37. The highest BCUT2D eigenvalue weighted by molar-refractivity contribution is 5.93. The van der Waals surface area contributed by atoms with Crippen molar-refractivity contribution in [2.75, 3.05) is 32.8 Å². The molecule has 0 spiro atoms. The highest BCUT2D eigenvalue weighted by Gasteiger charge is 2.55. The highest BCUT2D eigenvalue weighted by Crippen LogP contribution is 2.43. The third kappa shape index (κ3) is 5.71. The van der Waals surface area contributed by atoms with E-state index in [1.807, 2.05) is 0 Å². The summed E-state index contributed by atoms with van der Waals surface area (Å²) in [6, 6.07) is 4.78. The van der Waals surface area contributed by atoms with Crippen LogP contribution in [0.4, 0.5) is 22.8 Å². The van der Waals surface area contributed by atoms with Gasteiger partial charge in [0.2, 0.25) is 0 Å². The molecule has 8 nitrogen and oxygen atoms in total. The minimum absolute atomic E-state index is 0.0532. The van der Waals surface area contributed by atoms with Gasteiger partial charge in [-0.15, -0.1) is 0 Å². The van der Waals surface area contributed by atoms with Gasteiger partial charge in [-0.3, -0.25) is 0 Å². The van der Waals surface area contributed by atoms with Gasteiger partial charge < -0.3 is 20.1 Å². The Bertz CT molecular complexity index is 1180. The molecule has 0 bridgehead atoms. The summed E-state index contributed by atoms with van der Waals surface area (Å²) in [5.41, 5.74) is 0.132. The second-order valence-electron chi connectivity index (χ2n) is 10.2. The van der Waals surface area contributed by atoms with Crippen LogP contribution in [0.1, 0.15) is 49.7 Å². The van der Waals surface area contributed by atoms with Crippen molar-refractivity contribution in [3.63, 3.8) is 0 Å². The van der Waals surface area contributed by atoms with E-state index in [2.05, 4.69) is 16.3 Å². The third-order valence-electron chi connectivity index (χ3n) is 7.67. The first kappa shape index (κ1) is 27.7. The summed E-state index contributed by atoms with van der Waals surface area (Å²) in [6.07, 6.45) is 2.61. The number of amides is 3. The summed E-state index contributed by atoms with van der Waals surface area (Å²) in [4.78, 5) is 28.6. The van der Waals surface area contributed by atoms with Crippen LogP contribution in [-0.2, 0) is 4.74 Å². The van der Waals surface area contributed by atoms with Crippen molar-refractivity contribution >= 4 is 12.1 Å². The lowest BCUT2D eigenvalue weighted by atomic mass is 9.74.